The highest BCUT2D eigenvalue weighted by atomic mass is 32.2. The van der Waals surface area contributed by atoms with Crippen molar-refractivity contribution in [1.29, 1.82) is 0 Å². The van der Waals surface area contributed by atoms with Crippen LogP contribution in [0.25, 0.3) is 17.1 Å². The lowest BCUT2D eigenvalue weighted by Gasteiger charge is -2.11. The fraction of sp³-hybridized carbons (Fsp3) is 0.105. The molecule has 0 atom stereocenters. The highest BCUT2D eigenvalue weighted by Gasteiger charge is 2.24. The Balaban J connectivity index is 1.84. The van der Waals surface area contributed by atoms with E-state index in [-0.39, 0.29) is 0 Å². The normalized spacial score (nSPS) is 15.5. The van der Waals surface area contributed by atoms with Gasteiger partial charge in [-0.2, -0.15) is 4.57 Å². The zero-order valence-corrected chi connectivity index (χ0v) is 13.5. The summed E-state index contributed by atoms with van der Waals surface area (Å²) < 4.78 is 2.22. The van der Waals surface area contributed by atoms with Crippen molar-refractivity contribution >= 4 is 34.6 Å². The highest BCUT2D eigenvalue weighted by Crippen LogP contribution is 2.44. The molecule has 4 rings (SSSR count). The molecule has 1 aliphatic rings. The lowest BCUT2D eigenvalue weighted by Crippen LogP contribution is -2.28. The van der Waals surface area contributed by atoms with Gasteiger partial charge in [0.25, 0.3) is 0 Å². The lowest BCUT2D eigenvalue weighted by atomic mass is 10.1. The quantitative estimate of drug-likeness (QED) is 0.614. The highest BCUT2D eigenvalue weighted by molar-refractivity contribution is 8.03. The molecule has 1 aliphatic heterocycles. The average molecular weight is 305 g/mol. The smallest absolute Gasteiger partial charge is 0.218 e. The van der Waals surface area contributed by atoms with Crippen molar-refractivity contribution in [3.05, 3.63) is 71.4 Å². The number of aromatic nitrogens is 1. The molecule has 0 amide bonds. The van der Waals surface area contributed by atoms with Gasteiger partial charge >= 0.3 is 0 Å². The Morgan fingerprint density at radius 2 is 1.77 bits per heavy atom. The van der Waals surface area contributed by atoms with E-state index in [1.54, 1.807) is 0 Å². The van der Waals surface area contributed by atoms with Crippen molar-refractivity contribution in [3.63, 3.8) is 0 Å². The van der Waals surface area contributed by atoms with Crippen LogP contribution in [0.3, 0.4) is 0 Å². The fourth-order valence-corrected chi connectivity index (χ4v) is 3.94. The zero-order valence-electron chi connectivity index (χ0n) is 12.7. The van der Waals surface area contributed by atoms with Crippen molar-refractivity contribution in [2.45, 2.75) is 11.8 Å². The zero-order chi connectivity index (χ0) is 15.1. The molecule has 1 aromatic heterocycles. The molecular formula is C19H17N2S+. The summed E-state index contributed by atoms with van der Waals surface area (Å²) in [5.74, 6) is 0. The molecule has 0 saturated heterocycles. The molecule has 0 radical (unpaired) electrons. The first-order chi connectivity index (χ1) is 10.7. The predicted octanol–water partition coefficient (Wildman–Crippen LogP) is 4.43. The van der Waals surface area contributed by atoms with Crippen LogP contribution in [0.5, 0.6) is 0 Å². The Bertz CT molecular complexity index is 899. The molecule has 2 nitrogen and oxygen atoms in total. The molecule has 2 heterocycles. The summed E-state index contributed by atoms with van der Waals surface area (Å²) in [6.45, 7) is 2.16. The molecule has 0 N–H and O–H groups in total. The van der Waals surface area contributed by atoms with E-state index in [2.05, 4.69) is 90.4 Å². The maximum absolute atomic E-state index is 2.25. The maximum Gasteiger partial charge on any atom is 0.218 e. The van der Waals surface area contributed by atoms with Gasteiger partial charge in [0.1, 0.15) is 5.03 Å². The standard InChI is InChI=1S/C19H17N2S/c1-14-11-12-21(16-8-4-3-7-15(14)16)13-19-20(2)17-9-5-6-10-18(17)22-19/h3-13H,1-2H3/q+1/b19-13-. The van der Waals surface area contributed by atoms with Gasteiger partial charge in [-0.3, -0.25) is 0 Å². The van der Waals surface area contributed by atoms with Crippen LogP contribution in [-0.2, 0) is 0 Å². The molecule has 0 unspecified atom stereocenters. The van der Waals surface area contributed by atoms with Crippen LogP contribution in [0.1, 0.15) is 5.56 Å². The molecule has 3 aromatic rings. The topological polar surface area (TPSA) is 7.12 Å². The molecule has 0 spiro atoms. The van der Waals surface area contributed by atoms with Crippen LogP contribution in [0.15, 0.2) is 70.7 Å². The number of thioether (sulfide) groups is 1. The summed E-state index contributed by atoms with van der Waals surface area (Å²) in [4.78, 5) is 3.56. The van der Waals surface area contributed by atoms with E-state index in [4.69, 9.17) is 0 Å². The van der Waals surface area contributed by atoms with Crippen LogP contribution in [0, 0.1) is 6.92 Å². The summed E-state index contributed by atoms with van der Waals surface area (Å²) in [6, 6.07) is 19.2. The molecule has 0 saturated carbocycles. The molecule has 0 aliphatic carbocycles. The minimum Gasteiger partial charge on any atom is -0.333 e. The number of hydrogen-bond acceptors (Lipinski definition) is 2. The number of para-hydroxylation sites is 2. The van der Waals surface area contributed by atoms with Gasteiger partial charge in [-0.25, -0.2) is 0 Å². The van der Waals surface area contributed by atoms with Crippen LogP contribution in [0.2, 0.25) is 0 Å². The SMILES string of the molecule is Cc1cc[n+](/C=C2\Sc3ccccc3N2C)c2ccccc12. The van der Waals surface area contributed by atoms with E-state index < -0.39 is 0 Å². The van der Waals surface area contributed by atoms with E-state index in [1.807, 2.05) is 11.8 Å². The average Bonchev–Trinajstić information content (AvgIpc) is 2.87. The third-order valence-corrected chi connectivity index (χ3v) is 5.27. The van der Waals surface area contributed by atoms with E-state index in [1.165, 1.54) is 32.1 Å². The largest absolute Gasteiger partial charge is 0.333 e. The van der Waals surface area contributed by atoms with Crippen molar-refractivity contribution in [2.75, 3.05) is 11.9 Å². The van der Waals surface area contributed by atoms with Crippen LogP contribution in [0.4, 0.5) is 5.69 Å². The summed E-state index contributed by atoms with van der Waals surface area (Å²) in [5.41, 5.74) is 3.82. The number of pyridine rings is 1. The number of fused-ring (bicyclic) bond motifs is 2. The minimum atomic E-state index is 1.24. The van der Waals surface area contributed by atoms with Gasteiger partial charge in [-0.1, -0.05) is 36.0 Å². The number of hydrogen-bond donors (Lipinski definition) is 0. The molecule has 3 heteroatoms. The predicted molar refractivity (Wildman–Crippen MR) is 93.9 cm³/mol. The van der Waals surface area contributed by atoms with Gasteiger partial charge < -0.3 is 4.90 Å². The third-order valence-electron chi connectivity index (χ3n) is 4.11. The van der Waals surface area contributed by atoms with Gasteiger partial charge in [-0.05, 0) is 30.7 Å². The van der Waals surface area contributed by atoms with Gasteiger partial charge in [-0.15, -0.1) is 0 Å². The number of aryl methyl sites for hydroxylation is 1. The van der Waals surface area contributed by atoms with Gasteiger partial charge in [0.15, 0.2) is 6.20 Å². The molecule has 108 valence electrons. The first-order valence-corrected chi connectivity index (χ1v) is 8.17. The number of benzene rings is 2. The van der Waals surface area contributed by atoms with Crippen molar-refractivity contribution < 1.29 is 4.57 Å². The number of anilines is 1. The first kappa shape index (κ1) is 13.4. The molecule has 22 heavy (non-hydrogen) atoms. The Hall–Kier alpha value is -2.26. The van der Waals surface area contributed by atoms with Crippen molar-refractivity contribution in [1.82, 2.24) is 0 Å². The molecule has 0 fully saturated rings. The van der Waals surface area contributed by atoms with E-state index in [0.29, 0.717) is 0 Å². The third kappa shape index (κ3) is 2.09. The van der Waals surface area contributed by atoms with Crippen LogP contribution < -0.4 is 9.47 Å². The lowest BCUT2D eigenvalue weighted by molar-refractivity contribution is -0.539. The minimum absolute atomic E-state index is 1.24. The summed E-state index contributed by atoms with van der Waals surface area (Å²) in [7, 11) is 2.13. The summed E-state index contributed by atoms with van der Waals surface area (Å²) >= 11 is 1.82. The molecular weight excluding hydrogens is 288 g/mol. The summed E-state index contributed by atoms with van der Waals surface area (Å²) in [5, 5.41) is 2.53. The second-order valence-corrected chi connectivity index (χ2v) is 6.58. The fourth-order valence-electron chi connectivity index (χ4n) is 2.86. The van der Waals surface area contributed by atoms with E-state index in [0.717, 1.165) is 0 Å². The van der Waals surface area contributed by atoms with E-state index in [9.17, 15) is 0 Å². The summed E-state index contributed by atoms with van der Waals surface area (Å²) in [6.07, 6.45) is 4.36. The second kappa shape index (κ2) is 5.18. The van der Waals surface area contributed by atoms with Crippen molar-refractivity contribution in [2.24, 2.45) is 0 Å². The Morgan fingerprint density at radius 3 is 2.64 bits per heavy atom. The molecule has 2 aromatic carbocycles. The van der Waals surface area contributed by atoms with Crippen molar-refractivity contribution in [3.8, 4) is 0 Å². The maximum atomic E-state index is 2.25. The number of rotatable bonds is 1. The second-order valence-electron chi connectivity index (χ2n) is 5.52. The first-order valence-electron chi connectivity index (χ1n) is 7.36. The van der Waals surface area contributed by atoms with Crippen LogP contribution in [-0.4, -0.2) is 7.05 Å². The molecule has 0 bridgehead atoms. The van der Waals surface area contributed by atoms with Crippen LogP contribution >= 0.6 is 11.8 Å². The van der Waals surface area contributed by atoms with E-state index >= 15 is 0 Å². The van der Waals surface area contributed by atoms with Gasteiger partial charge in [0.05, 0.1) is 5.69 Å². The number of nitrogens with zero attached hydrogens (tertiary/aromatic N) is 2. The van der Waals surface area contributed by atoms with Gasteiger partial charge in [0, 0.05) is 29.5 Å². The monoisotopic (exact) mass is 305 g/mol. The Labute approximate surface area is 134 Å². The Kier molecular flexibility index (Phi) is 3.16. The van der Waals surface area contributed by atoms with Gasteiger partial charge in [0.2, 0.25) is 11.7 Å². The Morgan fingerprint density at radius 1 is 1.00 bits per heavy atom.